The maximum atomic E-state index is 12.2. The second-order valence-corrected chi connectivity index (χ2v) is 5.18. The van der Waals surface area contributed by atoms with Crippen LogP contribution in [0.25, 0.3) is 0 Å². The van der Waals surface area contributed by atoms with Gasteiger partial charge in [-0.1, -0.05) is 0 Å². The summed E-state index contributed by atoms with van der Waals surface area (Å²) in [4.78, 5) is 23.4. The zero-order valence-electron chi connectivity index (χ0n) is 10.9. The van der Waals surface area contributed by atoms with Gasteiger partial charge >= 0.3 is 5.97 Å². The van der Waals surface area contributed by atoms with Gasteiger partial charge in [0.25, 0.3) is 5.91 Å². The van der Waals surface area contributed by atoms with Gasteiger partial charge in [-0.05, 0) is 36.9 Å². The summed E-state index contributed by atoms with van der Waals surface area (Å²) in [7, 11) is 1.79. The van der Waals surface area contributed by atoms with Crippen molar-refractivity contribution in [3.63, 3.8) is 0 Å². The third-order valence-electron chi connectivity index (χ3n) is 3.01. The highest BCUT2D eigenvalue weighted by atomic mass is 32.1. The van der Waals surface area contributed by atoms with Crippen molar-refractivity contribution in [1.29, 1.82) is 0 Å². The predicted molar refractivity (Wildman–Crippen MR) is 74.1 cm³/mol. The Bertz CT molecular complexity index is 655. The van der Waals surface area contributed by atoms with Gasteiger partial charge in [0.2, 0.25) is 0 Å². The number of carboxylic acid groups (broad SMARTS) is 1. The molecule has 0 unspecified atom stereocenters. The molecule has 0 spiro atoms. The number of aromatic carboxylic acids is 1. The van der Waals surface area contributed by atoms with E-state index >= 15 is 0 Å². The summed E-state index contributed by atoms with van der Waals surface area (Å²) >= 11 is 1.11. The van der Waals surface area contributed by atoms with Crippen molar-refractivity contribution in [3.05, 3.63) is 39.3 Å². The Morgan fingerprint density at radius 3 is 2.53 bits per heavy atom. The van der Waals surface area contributed by atoms with Crippen LogP contribution < -0.4 is 5.32 Å². The number of nitrogens with zero attached hydrogens (tertiary/aromatic N) is 1. The van der Waals surface area contributed by atoms with Crippen molar-refractivity contribution in [2.75, 3.05) is 5.32 Å². The molecular formula is C13H14N2O3S. The van der Waals surface area contributed by atoms with E-state index in [2.05, 4.69) is 5.32 Å². The van der Waals surface area contributed by atoms with Gasteiger partial charge in [0.05, 0.1) is 5.69 Å². The van der Waals surface area contributed by atoms with Gasteiger partial charge in [-0.15, -0.1) is 11.3 Å². The van der Waals surface area contributed by atoms with Gasteiger partial charge < -0.3 is 15.0 Å². The van der Waals surface area contributed by atoms with Crippen LogP contribution in [0, 0.1) is 13.8 Å². The quantitative estimate of drug-likeness (QED) is 0.906. The number of anilines is 1. The van der Waals surface area contributed by atoms with Crippen LogP contribution in [0.15, 0.2) is 17.5 Å². The molecule has 2 heterocycles. The van der Waals surface area contributed by atoms with Gasteiger partial charge in [-0.3, -0.25) is 4.79 Å². The number of carbonyl (C=O) groups is 2. The van der Waals surface area contributed by atoms with Crippen LogP contribution in [0.3, 0.4) is 0 Å². The molecule has 0 atom stereocenters. The highest BCUT2D eigenvalue weighted by Crippen LogP contribution is 2.28. The summed E-state index contributed by atoms with van der Waals surface area (Å²) in [6, 6.07) is 3.56. The molecule has 2 N–H and O–H groups in total. The SMILES string of the molecule is Cc1csc(C(=O)O)c1NC(=O)c1ccc(C)n1C. The molecule has 19 heavy (non-hydrogen) atoms. The minimum absolute atomic E-state index is 0.150. The van der Waals surface area contributed by atoms with Crippen LogP contribution in [0.5, 0.6) is 0 Å². The number of hydrogen-bond acceptors (Lipinski definition) is 3. The first-order chi connectivity index (χ1) is 8.91. The van der Waals surface area contributed by atoms with Crippen LogP contribution in [-0.2, 0) is 7.05 Å². The molecule has 0 fully saturated rings. The topological polar surface area (TPSA) is 71.3 Å². The second kappa shape index (κ2) is 4.89. The third kappa shape index (κ3) is 2.39. The molecule has 2 aromatic heterocycles. The Hall–Kier alpha value is -2.08. The zero-order chi connectivity index (χ0) is 14.2. The molecule has 2 rings (SSSR count). The Kier molecular flexibility index (Phi) is 3.44. The molecule has 0 aromatic carbocycles. The first-order valence-corrected chi connectivity index (χ1v) is 6.55. The first kappa shape index (κ1) is 13.4. The highest BCUT2D eigenvalue weighted by molar-refractivity contribution is 7.12. The first-order valence-electron chi connectivity index (χ1n) is 5.67. The molecule has 6 heteroatoms. The van der Waals surface area contributed by atoms with Crippen LogP contribution in [0.1, 0.15) is 31.4 Å². The molecule has 0 aliphatic carbocycles. The smallest absolute Gasteiger partial charge is 0.348 e. The fraction of sp³-hybridized carbons (Fsp3) is 0.231. The standard InChI is InChI=1S/C13H14N2O3S/c1-7-6-19-11(13(17)18)10(7)14-12(16)9-5-4-8(2)15(9)3/h4-6H,1-3H3,(H,14,16)(H,17,18). The Morgan fingerprint density at radius 1 is 1.32 bits per heavy atom. The van der Waals surface area contributed by atoms with Crippen molar-refractivity contribution < 1.29 is 14.7 Å². The van der Waals surface area contributed by atoms with Gasteiger partial charge in [-0.25, -0.2) is 4.79 Å². The van der Waals surface area contributed by atoms with Gasteiger partial charge in [0.15, 0.2) is 0 Å². The van der Waals surface area contributed by atoms with Crippen molar-refractivity contribution in [1.82, 2.24) is 4.57 Å². The molecule has 5 nitrogen and oxygen atoms in total. The molecule has 0 aliphatic rings. The zero-order valence-corrected chi connectivity index (χ0v) is 11.7. The molecule has 1 amide bonds. The molecule has 2 aromatic rings. The number of amides is 1. The van der Waals surface area contributed by atoms with Crippen LogP contribution in [-0.4, -0.2) is 21.6 Å². The van der Waals surface area contributed by atoms with E-state index in [1.165, 1.54) is 0 Å². The number of aryl methyl sites for hydroxylation is 2. The van der Waals surface area contributed by atoms with E-state index in [1.807, 2.05) is 13.0 Å². The van der Waals surface area contributed by atoms with E-state index in [9.17, 15) is 9.59 Å². The van der Waals surface area contributed by atoms with E-state index in [4.69, 9.17) is 5.11 Å². The maximum absolute atomic E-state index is 12.2. The number of carboxylic acids is 1. The van der Waals surface area contributed by atoms with Gasteiger partial charge in [0, 0.05) is 12.7 Å². The van der Waals surface area contributed by atoms with E-state index < -0.39 is 5.97 Å². The number of rotatable bonds is 3. The normalized spacial score (nSPS) is 10.5. The number of thiophene rings is 1. The van der Waals surface area contributed by atoms with Gasteiger partial charge in [-0.2, -0.15) is 0 Å². The molecule has 100 valence electrons. The summed E-state index contributed by atoms with van der Waals surface area (Å²) in [5.41, 5.74) is 2.59. The third-order valence-corrected chi connectivity index (χ3v) is 4.10. The summed E-state index contributed by atoms with van der Waals surface area (Å²) < 4.78 is 1.76. The summed E-state index contributed by atoms with van der Waals surface area (Å²) in [5, 5.41) is 13.5. The van der Waals surface area contributed by atoms with Crippen molar-refractivity contribution in [3.8, 4) is 0 Å². The van der Waals surface area contributed by atoms with Crippen LogP contribution in [0.4, 0.5) is 5.69 Å². The van der Waals surface area contributed by atoms with E-state index in [1.54, 1.807) is 30.0 Å². The largest absolute Gasteiger partial charge is 0.477 e. The summed E-state index contributed by atoms with van der Waals surface area (Å²) in [5.74, 6) is -1.34. The van der Waals surface area contributed by atoms with Crippen LogP contribution >= 0.6 is 11.3 Å². The fourth-order valence-corrected chi connectivity index (χ4v) is 2.62. The van der Waals surface area contributed by atoms with Crippen molar-refractivity contribution in [2.45, 2.75) is 13.8 Å². The number of nitrogens with one attached hydrogen (secondary N) is 1. The van der Waals surface area contributed by atoms with E-state index in [-0.39, 0.29) is 10.8 Å². The molecular weight excluding hydrogens is 264 g/mol. The van der Waals surface area contributed by atoms with Gasteiger partial charge in [0.1, 0.15) is 10.6 Å². The number of carbonyl (C=O) groups excluding carboxylic acids is 1. The summed E-state index contributed by atoms with van der Waals surface area (Å²) in [6.07, 6.45) is 0. The Morgan fingerprint density at radius 2 is 2.00 bits per heavy atom. The van der Waals surface area contributed by atoms with Crippen molar-refractivity contribution >= 4 is 28.9 Å². The number of hydrogen-bond donors (Lipinski definition) is 2. The minimum atomic E-state index is -1.03. The Labute approximate surface area is 114 Å². The highest BCUT2D eigenvalue weighted by Gasteiger charge is 2.19. The predicted octanol–water partition coefficient (Wildman–Crippen LogP) is 2.65. The Balaban J connectivity index is 2.32. The number of aromatic nitrogens is 1. The second-order valence-electron chi connectivity index (χ2n) is 4.30. The molecule has 0 saturated carbocycles. The molecule has 0 bridgehead atoms. The van der Waals surface area contributed by atoms with E-state index in [0.29, 0.717) is 11.4 Å². The lowest BCUT2D eigenvalue weighted by Gasteiger charge is -2.08. The lowest BCUT2D eigenvalue weighted by atomic mass is 10.2. The molecule has 0 radical (unpaired) electrons. The molecule has 0 saturated heterocycles. The van der Waals surface area contributed by atoms with Crippen molar-refractivity contribution in [2.24, 2.45) is 7.05 Å². The average molecular weight is 278 g/mol. The van der Waals surface area contributed by atoms with Crippen LogP contribution in [0.2, 0.25) is 0 Å². The maximum Gasteiger partial charge on any atom is 0.348 e. The molecule has 0 aliphatic heterocycles. The minimum Gasteiger partial charge on any atom is -0.477 e. The lowest BCUT2D eigenvalue weighted by Crippen LogP contribution is -2.17. The lowest BCUT2D eigenvalue weighted by molar-refractivity contribution is 0.0703. The average Bonchev–Trinajstić information content (AvgIpc) is 2.85. The monoisotopic (exact) mass is 278 g/mol. The summed E-state index contributed by atoms with van der Waals surface area (Å²) in [6.45, 7) is 3.67. The van der Waals surface area contributed by atoms with E-state index in [0.717, 1.165) is 22.6 Å². The fourth-order valence-electron chi connectivity index (χ4n) is 1.78.